The van der Waals surface area contributed by atoms with Crippen molar-refractivity contribution in [3.8, 4) is 0 Å². The lowest BCUT2D eigenvalue weighted by atomic mass is 10.5. The predicted octanol–water partition coefficient (Wildman–Crippen LogP) is 4.56. The molecule has 0 heterocycles. The Labute approximate surface area is 142 Å². The lowest BCUT2D eigenvalue weighted by Crippen LogP contribution is -2.11. The minimum absolute atomic E-state index is 0.731. The smallest absolute Gasteiger partial charge is 0.0226 e. The van der Waals surface area contributed by atoms with Gasteiger partial charge in [0.2, 0.25) is 0 Å². The first-order chi connectivity index (χ1) is 8.78. The van der Waals surface area contributed by atoms with Crippen molar-refractivity contribution in [3.05, 3.63) is 0 Å². The number of hydrogen-bond acceptors (Lipinski definition) is 6. The average Bonchev–Trinajstić information content (AvgIpc) is 2.39. The summed E-state index contributed by atoms with van der Waals surface area (Å²) in [5.41, 5.74) is 0. The van der Waals surface area contributed by atoms with E-state index in [0.29, 0.717) is 0 Å². The molecule has 0 aromatic heterocycles. The Morgan fingerprint density at radius 2 is 1.17 bits per heavy atom. The van der Waals surface area contributed by atoms with Crippen molar-refractivity contribution in [2.45, 2.75) is 24.3 Å². The summed E-state index contributed by atoms with van der Waals surface area (Å²) >= 11 is 17.1. The van der Waals surface area contributed by atoms with Gasteiger partial charge in [0.25, 0.3) is 0 Å². The Balaban J connectivity index is 3.38. The predicted molar refractivity (Wildman–Crippen MR) is 106 cm³/mol. The minimum atomic E-state index is 0.731. The van der Waals surface area contributed by atoms with Gasteiger partial charge in [0.1, 0.15) is 0 Å². The molecule has 6 heteroatoms. The van der Waals surface area contributed by atoms with E-state index < -0.39 is 0 Å². The summed E-state index contributed by atoms with van der Waals surface area (Å²) < 4.78 is 0. The summed E-state index contributed by atoms with van der Waals surface area (Å²) in [5.74, 6) is 9.48. The summed E-state index contributed by atoms with van der Waals surface area (Å²) in [6.07, 6.45) is 0. The topological polar surface area (TPSA) is 0 Å². The van der Waals surface area contributed by atoms with Gasteiger partial charge in [0, 0.05) is 45.0 Å². The van der Waals surface area contributed by atoms with Crippen LogP contribution in [0.25, 0.3) is 0 Å². The molecule has 0 aromatic carbocycles. The maximum atomic E-state index is 4.41. The highest BCUT2D eigenvalue weighted by Crippen LogP contribution is 2.20. The maximum absolute atomic E-state index is 4.41. The zero-order valence-corrected chi connectivity index (χ0v) is 16.4. The SMILES string of the molecule is CCS[C@H](CS)CSCCSC[C@H](CS)SCC. The van der Waals surface area contributed by atoms with Gasteiger partial charge in [-0.1, -0.05) is 13.8 Å². The first-order valence-electron chi connectivity index (χ1n) is 6.38. The van der Waals surface area contributed by atoms with Crippen molar-refractivity contribution in [2.75, 3.05) is 46.0 Å². The van der Waals surface area contributed by atoms with E-state index >= 15 is 0 Å². The molecule has 0 aromatic rings. The lowest BCUT2D eigenvalue weighted by molar-refractivity contribution is 1.14. The fourth-order valence-corrected chi connectivity index (χ4v) is 7.10. The highest BCUT2D eigenvalue weighted by molar-refractivity contribution is 8.06. The van der Waals surface area contributed by atoms with E-state index in [-0.39, 0.29) is 0 Å². The first-order valence-corrected chi connectivity index (χ1v) is 12.1. The second-order valence-corrected chi connectivity index (χ2v) is 9.85. The molecule has 0 nitrogen and oxygen atoms in total. The van der Waals surface area contributed by atoms with E-state index in [1.54, 1.807) is 0 Å². The minimum Gasteiger partial charge on any atom is -0.178 e. The molecule has 0 fully saturated rings. The second kappa shape index (κ2) is 15.5. The Morgan fingerprint density at radius 3 is 1.44 bits per heavy atom. The third-order valence-electron chi connectivity index (χ3n) is 2.19. The van der Waals surface area contributed by atoms with E-state index in [0.717, 1.165) is 22.0 Å². The fourth-order valence-electron chi connectivity index (χ4n) is 1.33. The Kier molecular flexibility index (Phi) is 17.3. The van der Waals surface area contributed by atoms with E-state index in [2.05, 4.69) is 62.6 Å². The molecular formula is C12H26S6. The molecule has 0 saturated carbocycles. The molecule has 18 heavy (non-hydrogen) atoms. The molecule has 2 atom stereocenters. The fraction of sp³-hybridized carbons (Fsp3) is 1.00. The summed E-state index contributed by atoms with van der Waals surface area (Å²) in [6.45, 7) is 4.45. The van der Waals surface area contributed by atoms with Crippen LogP contribution >= 0.6 is 72.3 Å². The molecule has 0 aliphatic heterocycles. The normalized spacial score (nSPS) is 14.7. The molecule has 0 N–H and O–H groups in total. The Bertz CT molecular complexity index is 149. The molecule has 0 aliphatic carbocycles. The molecule has 0 rings (SSSR count). The zero-order valence-electron chi connectivity index (χ0n) is 11.3. The van der Waals surface area contributed by atoms with Crippen LogP contribution in [0.1, 0.15) is 13.8 Å². The molecule has 110 valence electrons. The van der Waals surface area contributed by atoms with Crippen molar-refractivity contribution < 1.29 is 0 Å². The first kappa shape index (κ1) is 20.1. The van der Waals surface area contributed by atoms with E-state index in [1.165, 1.54) is 34.5 Å². The van der Waals surface area contributed by atoms with Crippen molar-refractivity contribution in [1.29, 1.82) is 0 Å². The van der Waals surface area contributed by atoms with Crippen molar-refractivity contribution in [1.82, 2.24) is 0 Å². The lowest BCUT2D eigenvalue weighted by Gasteiger charge is -2.13. The third-order valence-corrected chi connectivity index (χ3v) is 8.79. The van der Waals surface area contributed by atoms with Gasteiger partial charge in [-0.25, -0.2) is 0 Å². The van der Waals surface area contributed by atoms with Crippen LogP contribution in [-0.2, 0) is 0 Å². The number of thioether (sulfide) groups is 4. The van der Waals surface area contributed by atoms with Gasteiger partial charge in [0.15, 0.2) is 0 Å². The number of hydrogen-bond donors (Lipinski definition) is 2. The Morgan fingerprint density at radius 1 is 0.778 bits per heavy atom. The quantitative estimate of drug-likeness (QED) is 0.364. The van der Waals surface area contributed by atoms with Crippen LogP contribution in [0.5, 0.6) is 0 Å². The highest BCUT2D eigenvalue weighted by Gasteiger charge is 2.07. The van der Waals surface area contributed by atoms with Crippen LogP contribution < -0.4 is 0 Å². The van der Waals surface area contributed by atoms with E-state index in [4.69, 9.17) is 0 Å². The molecule has 0 amide bonds. The van der Waals surface area contributed by atoms with Crippen LogP contribution in [0, 0.1) is 0 Å². The summed E-state index contributed by atoms with van der Waals surface area (Å²) in [4.78, 5) is 0. The summed E-state index contributed by atoms with van der Waals surface area (Å²) in [6, 6.07) is 0. The van der Waals surface area contributed by atoms with Crippen molar-refractivity contribution in [3.63, 3.8) is 0 Å². The van der Waals surface area contributed by atoms with E-state index in [9.17, 15) is 0 Å². The van der Waals surface area contributed by atoms with Gasteiger partial charge in [-0.05, 0) is 11.5 Å². The monoisotopic (exact) mass is 362 g/mol. The third kappa shape index (κ3) is 11.9. The second-order valence-electron chi connectivity index (χ2n) is 3.67. The molecule has 0 aliphatic rings. The van der Waals surface area contributed by atoms with Crippen LogP contribution in [0.4, 0.5) is 0 Å². The molecule has 0 radical (unpaired) electrons. The van der Waals surface area contributed by atoms with Gasteiger partial charge in [-0.3, -0.25) is 0 Å². The molecule has 0 saturated heterocycles. The Hall–Kier alpha value is 2.10. The molecule has 0 unspecified atom stereocenters. The largest absolute Gasteiger partial charge is 0.178 e. The molecule has 0 bridgehead atoms. The van der Waals surface area contributed by atoms with Crippen LogP contribution in [0.15, 0.2) is 0 Å². The standard InChI is InChI=1S/C12H26S6/c1-3-17-11(7-13)9-15-5-6-16-10-12(8-14)18-4-2/h11-14H,3-10H2,1-2H3/t11-,12+. The highest BCUT2D eigenvalue weighted by atomic mass is 32.2. The number of thiol groups is 2. The van der Waals surface area contributed by atoms with Gasteiger partial charge in [0.05, 0.1) is 0 Å². The number of rotatable bonds is 13. The van der Waals surface area contributed by atoms with E-state index in [1.807, 2.05) is 23.5 Å². The molecule has 0 spiro atoms. The zero-order chi connectivity index (χ0) is 13.6. The van der Waals surface area contributed by atoms with Crippen molar-refractivity contribution in [2.24, 2.45) is 0 Å². The van der Waals surface area contributed by atoms with Gasteiger partial charge in [-0.15, -0.1) is 0 Å². The van der Waals surface area contributed by atoms with Gasteiger partial charge in [-0.2, -0.15) is 72.3 Å². The van der Waals surface area contributed by atoms with Crippen molar-refractivity contribution >= 4 is 72.3 Å². The van der Waals surface area contributed by atoms with Gasteiger partial charge < -0.3 is 0 Å². The van der Waals surface area contributed by atoms with Crippen LogP contribution in [-0.4, -0.2) is 56.5 Å². The maximum Gasteiger partial charge on any atom is 0.0226 e. The summed E-state index contributed by atoms with van der Waals surface area (Å²) in [5, 5.41) is 1.46. The molecular weight excluding hydrogens is 337 g/mol. The van der Waals surface area contributed by atoms with Gasteiger partial charge >= 0.3 is 0 Å². The van der Waals surface area contributed by atoms with Crippen LogP contribution in [0.2, 0.25) is 0 Å². The summed E-state index contributed by atoms with van der Waals surface area (Å²) in [7, 11) is 0. The average molecular weight is 363 g/mol. The van der Waals surface area contributed by atoms with Crippen LogP contribution in [0.3, 0.4) is 0 Å².